The first kappa shape index (κ1) is 18.7. The summed E-state index contributed by atoms with van der Waals surface area (Å²) < 4.78 is 32.6. The molecule has 0 bridgehead atoms. The molecular weight excluding hydrogens is 380 g/mol. The molecule has 1 unspecified atom stereocenters. The first-order valence-corrected chi connectivity index (χ1v) is 8.59. The van der Waals surface area contributed by atoms with E-state index in [1.807, 2.05) is 6.92 Å². The molecule has 1 heterocycles. The predicted molar refractivity (Wildman–Crippen MR) is 88.5 cm³/mol. The van der Waals surface area contributed by atoms with E-state index in [1.54, 1.807) is 12.1 Å². The summed E-state index contributed by atoms with van der Waals surface area (Å²) in [5.41, 5.74) is 5.60. The molecule has 21 heavy (non-hydrogen) atoms. The summed E-state index contributed by atoms with van der Waals surface area (Å²) in [7, 11) is -1.99. The molecule has 0 spiro atoms. The van der Waals surface area contributed by atoms with Crippen LogP contribution in [-0.2, 0) is 10.0 Å². The van der Waals surface area contributed by atoms with Crippen LogP contribution in [0.2, 0.25) is 0 Å². The molecule has 2 rings (SSSR count). The van der Waals surface area contributed by atoms with Crippen LogP contribution in [0.25, 0.3) is 0 Å². The Labute approximate surface area is 140 Å². The van der Waals surface area contributed by atoms with Gasteiger partial charge in [-0.1, -0.05) is 22.9 Å². The van der Waals surface area contributed by atoms with Gasteiger partial charge in [0, 0.05) is 23.6 Å². The van der Waals surface area contributed by atoms with Crippen molar-refractivity contribution in [2.45, 2.75) is 18.2 Å². The molecule has 0 amide bonds. The zero-order chi connectivity index (χ0) is 15.0. The highest BCUT2D eigenvalue weighted by atomic mass is 79.9. The Hall–Kier alpha value is -0.340. The van der Waals surface area contributed by atoms with Crippen LogP contribution >= 0.6 is 28.3 Å². The molecule has 120 valence electrons. The van der Waals surface area contributed by atoms with Crippen LogP contribution in [0.5, 0.6) is 5.75 Å². The maximum atomic E-state index is 12.7. The Morgan fingerprint density at radius 3 is 2.62 bits per heavy atom. The van der Waals surface area contributed by atoms with Crippen LogP contribution in [0.1, 0.15) is 13.3 Å². The third-order valence-electron chi connectivity index (χ3n) is 3.73. The van der Waals surface area contributed by atoms with Crippen molar-refractivity contribution in [2.24, 2.45) is 11.1 Å². The van der Waals surface area contributed by atoms with Gasteiger partial charge in [-0.05, 0) is 30.5 Å². The van der Waals surface area contributed by atoms with Crippen LogP contribution in [0, 0.1) is 5.41 Å². The van der Waals surface area contributed by atoms with Crippen molar-refractivity contribution < 1.29 is 13.2 Å². The largest absolute Gasteiger partial charge is 0.497 e. The number of sulfonamides is 1. The maximum Gasteiger partial charge on any atom is 0.243 e. The Balaban J connectivity index is 0.00000220. The monoisotopic (exact) mass is 398 g/mol. The first-order chi connectivity index (χ1) is 9.30. The zero-order valence-corrected chi connectivity index (χ0v) is 15.2. The molecule has 1 aromatic rings. The van der Waals surface area contributed by atoms with Crippen LogP contribution in [0.15, 0.2) is 27.6 Å². The number of rotatable bonds is 4. The fourth-order valence-corrected chi connectivity index (χ4v) is 4.58. The number of hydrogen-bond acceptors (Lipinski definition) is 4. The maximum absolute atomic E-state index is 12.7. The van der Waals surface area contributed by atoms with Crippen molar-refractivity contribution in [1.29, 1.82) is 0 Å². The van der Waals surface area contributed by atoms with E-state index in [0.717, 1.165) is 6.42 Å². The van der Waals surface area contributed by atoms with Crippen LogP contribution in [0.4, 0.5) is 0 Å². The number of ether oxygens (including phenoxy) is 1. The van der Waals surface area contributed by atoms with Gasteiger partial charge in [0.1, 0.15) is 5.75 Å². The minimum atomic E-state index is -3.51. The molecule has 0 radical (unpaired) electrons. The zero-order valence-electron chi connectivity index (χ0n) is 12.0. The lowest BCUT2D eigenvalue weighted by molar-refractivity contribution is 0.349. The van der Waals surface area contributed by atoms with Crippen LogP contribution < -0.4 is 10.5 Å². The average Bonchev–Trinajstić information content (AvgIpc) is 2.82. The van der Waals surface area contributed by atoms with Gasteiger partial charge in [0.25, 0.3) is 0 Å². The summed E-state index contributed by atoms with van der Waals surface area (Å²) in [4.78, 5) is 0.241. The Kier molecular flexibility index (Phi) is 6.08. The molecule has 1 aliphatic rings. The molecule has 1 atom stereocenters. The van der Waals surface area contributed by atoms with E-state index < -0.39 is 10.0 Å². The van der Waals surface area contributed by atoms with Crippen molar-refractivity contribution in [3.63, 3.8) is 0 Å². The van der Waals surface area contributed by atoms with E-state index in [-0.39, 0.29) is 22.7 Å². The topological polar surface area (TPSA) is 72.6 Å². The third-order valence-corrected chi connectivity index (χ3v) is 6.01. The summed E-state index contributed by atoms with van der Waals surface area (Å²) in [6, 6.07) is 4.86. The SMILES string of the molecule is COc1cc(Br)cc(S(=O)(=O)N2CCC(C)(CN)C2)c1.Cl. The van der Waals surface area contributed by atoms with Crippen molar-refractivity contribution in [3.8, 4) is 5.75 Å². The van der Waals surface area contributed by atoms with E-state index in [0.29, 0.717) is 29.9 Å². The van der Waals surface area contributed by atoms with E-state index in [4.69, 9.17) is 10.5 Å². The summed E-state index contributed by atoms with van der Waals surface area (Å²) in [5, 5.41) is 0. The Morgan fingerprint density at radius 1 is 1.43 bits per heavy atom. The predicted octanol–water partition coefficient (Wildman–Crippen LogP) is 2.24. The average molecular weight is 400 g/mol. The van der Waals surface area contributed by atoms with E-state index in [1.165, 1.54) is 17.5 Å². The van der Waals surface area contributed by atoms with Gasteiger partial charge in [-0.3, -0.25) is 0 Å². The molecule has 1 saturated heterocycles. The summed E-state index contributed by atoms with van der Waals surface area (Å²) in [6.07, 6.45) is 0.786. The van der Waals surface area contributed by atoms with Gasteiger partial charge in [-0.25, -0.2) is 8.42 Å². The van der Waals surface area contributed by atoms with Crippen molar-refractivity contribution in [1.82, 2.24) is 4.31 Å². The number of nitrogens with zero attached hydrogens (tertiary/aromatic N) is 1. The highest BCUT2D eigenvalue weighted by Gasteiger charge is 2.39. The van der Waals surface area contributed by atoms with Crippen LogP contribution in [0.3, 0.4) is 0 Å². The molecule has 1 aliphatic heterocycles. The van der Waals surface area contributed by atoms with Gasteiger partial charge in [0.2, 0.25) is 10.0 Å². The van der Waals surface area contributed by atoms with Gasteiger partial charge in [-0.15, -0.1) is 12.4 Å². The molecule has 5 nitrogen and oxygen atoms in total. The lowest BCUT2D eigenvalue weighted by Gasteiger charge is -2.22. The summed E-state index contributed by atoms with van der Waals surface area (Å²) in [6.45, 7) is 3.47. The lowest BCUT2D eigenvalue weighted by atomic mass is 9.90. The molecule has 0 saturated carbocycles. The molecular formula is C13H20BrClN2O3S. The highest BCUT2D eigenvalue weighted by Crippen LogP contribution is 2.34. The number of methoxy groups -OCH3 is 1. The standard InChI is InChI=1S/C13H19BrN2O3S.ClH/c1-13(8-15)3-4-16(9-13)20(17,18)12-6-10(14)5-11(7-12)19-2;/h5-7H,3-4,8-9,15H2,1-2H3;1H. The van der Waals surface area contributed by atoms with E-state index >= 15 is 0 Å². The first-order valence-electron chi connectivity index (χ1n) is 6.35. The fraction of sp³-hybridized carbons (Fsp3) is 0.538. The quantitative estimate of drug-likeness (QED) is 0.843. The second-order valence-electron chi connectivity index (χ2n) is 5.43. The number of benzene rings is 1. The smallest absolute Gasteiger partial charge is 0.243 e. The second kappa shape index (κ2) is 6.83. The Morgan fingerprint density at radius 2 is 2.10 bits per heavy atom. The van der Waals surface area contributed by atoms with E-state index in [2.05, 4.69) is 15.9 Å². The van der Waals surface area contributed by atoms with Gasteiger partial charge in [0.15, 0.2) is 0 Å². The minimum absolute atomic E-state index is 0. The lowest BCUT2D eigenvalue weighted by Crippen LogP contribution is -2.34. The molecule has 0 aromatic heterocycles. The second-order valence-corrected chi connectivity index (χ2v) is 8.28. The molecule has 8 heteroatoms. The normalized spacial score (nSPS) is 22.9. The van der Waals surface area contributed by atoms with Crippen LogP contribution in [-0.4, -0.2) is 39.5 Å². The van der Waals surface area contributed by atoms with Gasteiger partial charge in [0.05, 0.1) is 12.0 Å². The van der Waals surface area contributed by atoms with Crippen molar-refractivity contribution in [3.05, 3.63) is 22.7 Å². The Bertz CT molecular complexity index is 611. The van der Waals surface area contributed by atoms with Gasteiger partial charge >= 0.3 is 0 Å². The van der Waals surface area contributed by atoms with E-state index in [9.17, 15) is 8.42 Å². The summed E-state index contributed by atoms with van der Waals surface area (Å²) >= 11 is 3.31. The minimum Gasteiger partial charge on any atom is -0.497 e. The van der Waals surface area contributed by atoms with Gasteiger partial charge in [-0.2, -0.15) is 4.31 Å². The summed E-state index contributed by atoms with van der Waals surface area (Å²) in [5.74, 6) is 0.513. The molecule has 0 aliphatic carbocycles. The number of halogens is 2. The molecule has 2 N–H and O–H groups in total. The molecule has 1 aromatic carbocycles. The van der Waals surface area contributed by atoms with Crippen molar-refractivity contribution in [2.75, 3.05) is 26.7 Å². The fourth-order valence-electron chi connectivity index (χ4n) is 2.30. The number of nitrogens with two attached hydrogens (primary N) is 1. The van der Waals surface area contributed by atoms with Crippen molar-refractivity contribution >= 4 is 38.4 Å². The van der Waals surface area contributed by atoms with Gasteiger partial charge < -0.3 is 10.5 Å². The third kappa shape index (κ3) is 3.90. The number of hydrogen-bond donors (Lipinski definition) is 1. The molecule has 1 fully saturated rings. The highest BCUT2D eigenvalue weighted by molar-refractivity contribution is 9.10.